The first-order chi connectivity index (χ1) is 10.2. The molecule has 2 amide bonds. The standard InChI is InChI=1S/C14H16ClN5O/c15-11-8-16-10-6-7-12(19-13(10)18-11)20-14(21)17-9-4-2-1-3-5-9/h6-9H,1-5H2,(H2,17,18,19,20,21). The quantitative estimate of drug-likeness (QED) is 0.893. The summed E-state index contributed by atoms with van der Waals surface area (Å²) >= 11 is 5.79. The van der Waals surface area contributed by atoms with E-state index >= 15 is 0 Å². The molecule has 0 spiro atoms. The Morgan fingerprint density at radius 3 is 2.81 bits per heavy atom. The predicted molar refractivity (Wildman–Crippen MR) is 81.4 cm³/mol. The monoisotopic (exact) mass is 305 g/mol. The molecule has 2 aromatic rings. The molecule has 2 N–H and O–H groups in total. The molecule has 1 saturated carbocycles. The van der Waals surface area contributed by atoms with Crippen molar-refractivity contribution in [1.82, 2.24) is 20.3 Å². The topological polar surface area (TPSA) is 79.8 Å². The summed E-state index contributed by atoms with van der Waals surface area (Å²) in [5, 5.41) is 5.98. The van der Waals surface area contributed by atoms with Crippen LogP contribution >= 0.6 is 11.6 Å². The van der Waals surface area contributed by atoms with Crippen LogP contribution in [0.4, 0.5) is 10.6 Å². The molecule has 21 heavy (non-hydrogen) atoms. The number of urea groups is 1. The highest BCUT2D eigenvalue weighted by Crippen LogP contribution is 2.18. The molecule has 3 rings (SSSR count). The molecule has 0 atom stereocenters. The lowest BCUT2D eigenvalue weighted by Gasteiger charge is -2.22. The van der Waals surface area contributed by atoms with E-state index in [1.54, 1.807) is 12.1 Å². The largest absolute Gasteiger partial charge is 0.335 e. The molecule has 0 aliphatic heterocycles. The fraction of sp³-hybridized carbons (Fsp3) is 0.429. The maximum Gasteiger partial charge on any atom is 0.320 e. The van der Waals surface area contributed by atoms with E-state index in [0.29, 0.717) is 17.0 Å². The molecule has 0 unspecified atom stereocenters. The molecular weight excluding hydrogens is 290 g/mol. The molecule has 0 saturated heterocycles. The Hall–Kier alpha value is -1.95. The van der Waals surface area contributed by atoms with Crippen molar-refractivity contribution in [1.29, 1.82) is 0 Å². The van der Waals surface area contributed by atoms with Crippen LogP contribution in [0.2, 0.25) is 5.15 Å². The van der Waals surface area contributed by atoms with Crippen molar-refractivity contribution >= 4 is 34.6 Å². The van der Waals surface area contributed by atoms with Gasteiger partial charge in [0, 0.05) is 6.04 Å². The molecular formula is C14H16ClN5O. The van der Waals surface area contributed by atoms with E-state index in [1.165, 1.54) is 25.5 Å². The summed E-state index contributed by atoms with van der Waals surface area (Å²) in [5.41, 5.74) is 1.05. The molecule has 1 aliphatic rings. The maximum atomic E-state index is 12.0. The first-order valence-electron chi connectivity index (χ1n) is 7.07. The van der Waals surface area contributed by atoms with Gasteiger partial charge in [-0.2, -0.15) is 0 Å². The number of nitrogens with zero attached hydrogens (tertiary/aromatic N) is 3. The van der Waals surface area contributed by atoms with Gasteiger partial charge >= 0.3 is 6.03 Å². The minimum absolute atomic E-state index is 0.233. The van der Waals surface area contributed by atoms with Gasteiger partial charge in [0.2, 0.25) is 0 Å². The fourth-order valence-corrected chi connectivity index (χ4v) is 2.66. The molecule has 0 aromatic carbocycles. The number of pyridine rings is 1. The number of anilines is 1. The number of aromatic nitrogens is 3. The van der Waals surface area contributed by atoms with Gasteiger partial charge < -0.3 is 5.32 Å². The average Bonchev–Trinajstić information content (AvgIpc) is 2.47. The van der Waals surface area contributed by atoms with Crippen LogP contribution in [-0.2, 0) is 0 Å². The summed E-state index contributed by atoms with van der Waals surface area (Å²) < 4.78 is 0. The van der Waals surface area contributed by atoms with Crippen molar-refractivity contribution in [3.05, 3.63) is 23.5 Å². The Morgan fingerprint density at radius 2 is 2.00 bits per heavy atom. The summed E-state index contributed by atoms with van der Waals surface area (Å²) in [6.07, 6.45) is 7.15. The molecule has 0 bridgehead atoms. The second-order valence-electron chi connectivity index (χ2n) is 5.17. The van der Waals surface area contributed by atoms with Crippen LogP contribution in [0.1, 0.15) is 32.1 Å². The van der Waals surface area contributed by atoms with E-state index in [1.807, 2.05) is 0 Å². The van der Waals surface area contributed by atoms with Crippen LogP contribution in [0.3, 0.4) is 0 Å². The van der Waals surface area contributed by atoms with Crippen LogP contribution in [0, 0.1) is 0 Å². The molecule has 2 heterocycles. The third kappa shape index (κ3) is 3.58. The van der Waals surface area contributed by atoms with E-state index < -0.39 is 0 Å². The van der Waals surface area contributed by atoms with E-state index in [9.17, 15) is 4.79 Å². The van der Waals surface area contributed by atoms with Crippen LogP contribution in [0.25, 0.3) is 11.2 Å². The van der Waals surface area contributed by atoms with Gasteiger partial charge in [-0.05, 0) is 25.0 Å². The van der Waals surface area contributed by atoms with Crippen LogP contribution in [0.5, 0.6) is 0 Å². The number of nitrogens with one attached hydrogen (secondary N) is 2. The fourth-order valence-electron chi connectivity index (χ4n) is 2.53. The zero-order valence-electron chi connectivity index (χ0n) is 11.5. The lowest BCUT2D eigenvalue weighted by Crippen LogP contribution is -2.39. The number of hydrogen-bond acceptors (Lipinski definition) is 4. The van der Waals surface area contributed by atoms with E-state index in [0.717, 1.165) is 12.8 Å². The number of fused-ring (bicyclic) bond motifs is 1. The van der Waals surface area contributed by atoms with Gasteiger partial charge in [0.25, 0.3) is 0 Å². The molecule has 110 valence electrons. The minimum atomic E-state index is -0.233. The predicted octanol–water partition coefficient (Wildman–Crippen LogP) is 3.13. The average molecular weight is 306 g/mol. The Labute approximate surface area is 127 Å². The van der Waals surface area contributed by atoms with Crippen molar-refractivity contribution in [3.63, 3.8) is 0 Å². The lowest BCUT2D eigenvalue weighted by molar-refractivity contribution is 0.244. The Morgan fingerprint density at radius 1 is 1.19 bits per heavy atom. The number of carbonyl (C=O) groups excluding carboxylic acids is 1. The molecule has 0 radical (unpaired) electrons. The normalized spacial score (nSPS) is 15.9. The van der Waals surface area contributed by atoms with Crippen molar-refractivity contribution in [2.24, 2.45) is 0 Å². The number of amides is 2. The highest BCUT2D eigenvalue weighted by atomic mass is 35.5. The van der Waals surface area contributed by atoms with Gasteiger partial charge in [0.1, 0.15) is 16.5 Å². The highest BCUT2D eigenvalue weighted by Gasteiger charge is 2.15. The first kappa shape index (κ1) is 14.0. The molecule has 7 heteroatoms. The van der Waals surface area contributed by atoms with Gasteiger partial charge in [0.05, 0.1) is 6.20 Å². The number of carbonyl (C=O) groups is 1. The number of halogens is 1. The van der Waals surface area contributed by atoms with Crippen molar-refractivity contribution in [2.75, 3.05) is 5.32 Å². The van der Waals surface area contributed by atoms with Gasteiger partial charge in [-0.1, -0.05) is 30.9 Å². The van der Waals surface area contributed by atoms with Crippen LogP contribution in [-0.4, -0.2) is 27.0 Å². The van der Waals surface area contributed by atoms with Crippen LogP contribution in [0.15, 0.2) is 18.3 Å². The summed E-state index contributed by atoms with van der Waals surface area (Å²) in [7, 11) is 0. The zero-order valence-corrected chi connectivity index (χ0v) is 12.2. The van der Waals surface area contributed by atoms with Crippen molar-refractivity contribution in [3.8, 4) is 0 Å². The number of hydrogen-bond donors (Lipinski definition) is 2. The molecule has 6 nitrogen and oxygen atoms in total. The van der Waals surface area contributed by atoms with E-state index in [4.69, 9.17) is 11.6 Å². The summed E-state index contributed by atoms with van der Waals surface area (Å²) in [4.78, 5) is 24.4. The smallest absolute Gasteiger partial charge is 0.320 e. The Kier molecular flexibility index (Phi) is 4.15. The third-order valence-corrected chi connectivity index (χ3v) is 3.74. The van der Waals surface area contributed by atoms with Crippen molar-refractivity contribution in [2.45, 2.75) is 38.1 Å². The Bertz CT molecular complexity index is 657. The summed E-state index contributed by atoms with van der Waals surface area (Å²) in [6, 6.07) is 3.48. The van der Waals surface area contributed by atoms with E-state index in [2.05, 4.69) is 25.6 Å². The SMILES string of the molecule is O=C(Nc1ccc2ncc(Cl)nc2n1)NC1CCCCC1. The van der Waals surface area contributed by atoms with Gasteiger partial charge in [-0.3, -0.25) is 5.32 Å². The molecule has 1 fully saturated rings. The minimum Gasteiger partial charge on any atom is -0.335 e. The molecule has 2 aromatic heterocycles. The second-order valence-corrected chi connectivity index (χ2v) is 5.55. The van der Waals surface area contributed by atoms with Gasteiger partial charge in [-0.15, -0.1) is 0 Å². The highest BCUT2D eigenvalue weighted by molar-refractivity contribution is 6.29. The Balaban J connectivity index is 1.67. The first-order valence-corrected chi connectivity index (χ1v) is 7.45. The van der Waals surface area contributed by atoms with E-state index in [-0.39, 0.29) is 17.2 Å². The van der Waals surface area contributed by atoms with Gasteiger partial charge in [0.15, 0.2) is 5.65 Å². The zero-order chi connectivity index (χ0) is 14.7. The third-order valence-electron chi connectivity index (χ3n) is 3.56. The number of rotatable bonds is 2. The van der Waals surface area contributed by atoms with Crippen LogP contribution < -0.4 is 10.6 Å². The molecule has 1 aliphatic carbocycles. The summed E-state index contributed by atoms with van der Waals surface area (Å²) in [6.45, 7) is 0. The summed E-state index contributed by atoms with van der Waals surface area (Å²) in [5.74, 6) is 0.437. The maximum absolute atomic E-state index is 12.0. The van der Waals surface area contributed by atoms with Crippen molar-refractivity contribution < 1.29 is 4.79 Å². The second kappa shape index (κ2) is 6.22. The lowest BCUT2D eigenvalue weighted by atomic mass is 9.96. The van der Waals surface area contributed by atoms with Gasteiger partial charge in [-0.25, -0.2) is 19.7 Å².